The number of aromatic nitrogens is 2. The van der Waals surface area contributed by atoms with Crippen molar-refractivity contribution in [2.24, 2.45) is 11.0 Å². The molecule has 7 heteroatoms. The Labute approximate surface area is 150 Å². The maximum absolute atomic E-state index is 7.74. The van der Waals surface area contributed by atoms with E-state index in [0.717, 1.165) is 22.3 Å². The molecule has 0 atom stereocenters. The number of hydrogen-bond donors (Lipinski definition) is 4. The number of pyridine rings is 2. The molecule has 0 aliphatic heterocycles. The van der Waals surface area contributed by atoms with Crippen LogP contribution in [-0.2, 0) is 0 Å². The Bertz CT molecular complexity index is 1030. The topological polar surface area (TPSA) is 128 Å². The quantitative estimate of drug-likeness (QED) is 0.419. The minimum absolute atomic E-state index is 0.138. The molecular formula is C19H17N7. The number of hydrogen-bond acceptors (Lipinski definition) is 6. The van der Waals surface area contributed by atoms with Crippen molar-refractivity contribution in [2.75, 3.05) is 0 Å². The number of nitrogens with one attached hydrogen (secondary N) is 3. The summed E-state index contributed by atoms with van der Waals surface area (Å²) in [6.07, 6.45) is 6.19. The van der Waals surface area contributed by atoms with Crippen molar-refractivity contribution < 1.29 is 0 Å². The summed E-state index contributed by atoms with van der Waals surface area (Å²) in [5.74, 6) is 0. The third-order valence-corrected chi connectivity index (χ3v) is 3.99. The fourth-order valence-electron chi connectivity index (χ4n) is 2.59. The SMILES string of the molecule is N=C/C(=C(\N)c1ccncc1)c1ccc(-c2ccc(=N)n(N=N)c2)cc1. The summed E-state index contributed by atoms with van der Waals surface area (Å²) in [6, 6.07) is 14.6. The van der Waals surface area contributed by atoms with Crippen LogP contribution < -0.4 is 11.2 Å². The zero-order valence-corrected chi connectivity index (χ0v) is 13.8. The van der Waals surface area contributed by atoms with E-state index < -0.39 is 0 Å². The van der Waals surface area contributed by atoms with Gasteiger partial charge in [-0.1, -0.05) is 29.5 Å². The highest BCUT2D eigenvalue weighted by Gasteiger charge is 2.08. The number of nitrogens with zero attached hydrogens (tertiary/aromatic N) is 3. The Morgan fingerprint density at radius 2 is 1.62 bits per heavy atom. The van der Waals surface area contributed by atoms with E-state index in [1.54, 1.807) is 42.9 Å². The van der Waals surface area contributed by atoms with Gasteiger partial charge in [0.15, 0.2) is 0 Å². The van der Waals surface area contributed by atoms with E-state index in [1.165, 1.54) is 10.9 Å². The molecule has 3 rings (SSSR count). The fourth-order valence-corrected chi connectivity index (χ4v) is 2.59. The Morgan fingerprint density at radius 1 is 0.962 bits per heavy atom. The van der Waals surface area contributed by atoms with E-state index in [0.29, 0.717) is 11.3 Å². The van der Waals surface area contributed by atoms with Crippen molar-refractivity contribution in [3.63, 3.8) is 0 Å². The molecule has 0 unspecified atom stereocenters. The molecule has 0 aliphatic rings. The average Bonchev–Trinajstić information content (AvgIpc) is 2.70. The second-order valence-electron chi connectivity index (χ2n) is 5.53. The van der Waals surface area contributed by atoms with Crippen LogP contribution in [0.1, 0.15) is 11.1 Å². The van der Waals surface area contributed by atoms with Gasteiger partial charge >= 0.3 is 0 Å². The Balaban J connectivity index is 2.00. The Kier molecular flexibility index (Phi) is 4.80. The molecule has 2 aromatic heterocycles. The van der Waals surface area contributed by atoms with Crippen molar-refractivity contribution >= 4 is 17.5 Å². The Morgan fingerprint density at radius 3 is 2.23 bits per heavy atom. The molecule has 2 heterocycles. The third kappa shape index (κ3) is 3.32. The first kappa shape index (κ1) is 17.0. The number of nitrogens with two attached hydrogens (primary N) is 1. The lowest BCUT2D eigenvalue weighted by atomic mass is 9.98. The first-order chi connectivity index (χ1) is 12.6. The summed E-state index contributed by atoms with van der Waals surface area (Å²) in [7, 11) is 0. The largest absolute Gasteiger partial charge is 0.398 e. The summed E-state index contributed by atoms with van der Waals surface area (Å²) in [5, 5.41) is 18.7. The van der Waals surface area contributed by atoms with Crippen LogP contribution in [0, 0.1) is 16.3 Å². The minimum atomic E-state index is 0.138. The second kappa shape index (κ2) is 7.35. The molecule has 0 radical (unpaired) electrons. The first-order valence-corrected chi connectivity index (χ1v) is 7.80. The number of rotatable bonds is 5. The summed E-state index contributed by atoms with van der Waals surface area (Å²) >= 11 is 0. The van der Waals surface area contributed by atoms with E-state index in [2.05, 4.69) is 10.2 Å². The lowest BCUT2D eigenvalue weighted by Crippen LogP contribution is -2.13. The maximum Gasteiger partial charge on any atom is 0.147 e. The summed E-state index contributed by atoms with van der Waals surface area (Å²) < 4.78 is 1.19. The predicted octanol–water partition coefficient (Wildman–Crippen LogP) is 3.30. The molecule has 5 N–H and O–H groups in total. The molecule has 0 saturated carbocycles. The fraction of sp³-hybridized carbons (Fsp3) is 0. The molecule has 7 nitrogen and oxygen atoms in total. The molecular weight excluding hydrogens is 326 g/mol. The van der Waals surface area contributed by atoms with E-state index >= 15 is 0 Å². The summed E-state index contributed by atoms with van der Waals surface area (Å²) in [4.78, 5) is 3.98. The van der Waals surface area contributed by atoms with E-state index in [4.69, 9.17) is 22.1 Å². The summed E-state index contributed by atoms with van der Waals surface area (Å²) in [5.41, 5.74) is 18.0. The van der Waals surface area contributed by atoms with E-state index in [1.807, 2.05) is 24.3 Å². The van der Waals surface area contributed by atoms with Crippen molar-refractivity contribution in [2.45, 2.75) is 0 Å². The van der Waals surface area contributed by atoms with Gasteiger partial charge in [-0.15, -0.1) is 0 Å². The van der Waals surface area contributed by atoms with Crippen LogP contribution in [0.25, 0.3) is 22.4 Å². The lowest BCUT2D eigenvalue weighted by Gasteiger charge is -2.10. The molecule has 0 aliphatic carbocycles. The smallest absolute Gasteiger partial charge is 0.147 e. The minimum Gasteiger partial charge on any atom is -0.398 e. The van der Waals surface area contributed by atoms with Crippen LogP contribution >= 0.6 is 0 Å². The highest BCUT2D eigenvalue weighted by atomic mass is 15.4. The molecule has 0 spiro atoms. The van der Waals surface area contributed by atoms with Gasteiger partial charge in [-0.25, -0.2) is 4.68 Å². The lowest BCUT2D eigenvalue weighted by molar-refractivity contribution is 0.709. The van der Waals surface area contributed by atoms with Crippen LogP contribution in [0.5, 0.6) is 0 Å². The van der Waals surface area contributed by atoms with Crippen molar-refractivity contribution in [3.05, 3.63) is 83.7 Å². The van der Waals surface area contributed by atoms with Gasteiger partial charge in [0, 0.05) is 47.2 Å². The molecule has 26 heavy (non-hydrogen) atoms. The second-order valence-corrected chi connectivity index (χ2v) is 5.53. The van der Waals surface area contributed by atoms with Gasteiger partial charge in [0.05, 0.1) is 0 Å². The molecule has 128 valence electrons. The Hall–Kier alpha value is -3.87. The zero-order valence-electron chi connectivity index (χ0n) is 13.8. The van der Waals surface area contributed by atoms with Gasteiger partial charge in [-0.3, -0.25) is 10.4 Å². The van der Waals surface area contributed by atoms with Crippen LogP contribution in [0.2, 0.25) is 0 Å². The van der Waals surface area contributed by atoms with Crippen LogP contribution in [-0.4, -0.2) is 15.9 Å². The van der Waals surface area contributed by atoms with Gasteiger partial charge < -0.3 is 11.1 Å². The van der Waals surface area contributed by atoms with E-state index in [9.17, 15) is 0 Å². The van der Waals surface area contributed by atoms with Crippen LogP contribution in [0.15, 0.2) is 72.3 Å². The maximum atomic E-state index is 7.74. The standard InChI is InChI=1S/C19H17N7/c20-11-17(19(22)15-7-9-24-10-8-15)14-3-1-13(2-4-14)16-5-6-18(21)26(12-16)25-23/h1-12,20-21,23H,22H2/b19-17+,20-11?,21-18?,25-23?. The van der Waals surface area contributed by atoms with Gasteiger partial charge in [0.1, 0.15) is 5.49 Å². The predicted molar refractivity (Wildman–Crippen MR) is 100 cm³/mol. The molecule has 1 aromatic carbocycles. The third-order valence-electron chi connectivity index (χ3n) is 3.99. The number of allylic oxidation sites excluding steroid dienone is 1. The van der Waals surface area contributed by atoms with Crippen LogP contribution in [0.4, 0.5) is 0 Å². The molecule has 0 fully saturated rings. The van der Waals surface area contributed by atoms with Gasteiger partial charge in [-0.05, 0) is 35.4 Å². The first-order valence-electron chi connectivity index (χ1n) is 7.80. The normalized spacial score (nSPS) is 11.5. The monoisotopic (exact) mass is 343 g/mol. The summed E-state index contributed by atoms with van der Waals surface area (Å²) in [6.45, 7) is 0. The van der Waals surface area contributed by atoms with E-state index in [-0.39, 0.29) is 5.49 Å². The molecule has 3 aromatic rings. The highest BCUT2D eigenvalue weighted by molar-refractivity contribution is 6.17. The van der Waals surface area contributed by atoms with Gasteiger partial charge in [0.25, 0.3) is 0 Å². The van der Waals surface area contributed by atoms with Crippen molar-refractivity contribution in [1.82, 2.24) is 9.66 Å². The van der Waals surface area contributed by atoms with Crippen molar-refractivity contribution in [1.29, 1.82) is 16.3 Å². The average molecular weight is 343 g/mol. The van der Waals surface area contributed by atoms with Crippen molar-refractivity contribution in [3.8, 4) is 11.1 Å². The van der Waals surface area contributed by atoms with Crippen LogP contribution in [0.3, 0.4) is 0 Å². The molecule has 0 bridgehead atoms. The van der Waals surface area contributed by atoms with Gasteiger partial charge in [-0.2, -0.15) is 5.53 Å². The molecule has 0 amide bonds. The highest BCUT2D eigenvalue weighted by Crippen LogP contribution is 2.24. The zero-order chi connectivity index (χ0) is 18.5. The number of benzene rings is 1. The molecule has 0 saturated heterocycles. The van der Waals surface area contributed by atoms with Gasteiger partial charge in [0.2, 0.25) is 0 Å².